The van der Waals surface area contributed by atoms with E-state index in [1.807, 2.05) is 0 Å². The third kappa shape index (κ3) is 9.77. The van der Waals surface area contributed by atoms with E-state index >= 15 is 0 Å². The number of anilines is 1. The van der Waals surface area contributed by atoms with Crippen molar-refractivity contribution in [2.24, 2.45) is 10.7 Å². The summed E-state index contributed by atoms with van der Waals surface area (Å²) >= 11 is 0. The molecule has 0 atom stereocenters. The molecule has 0 aliphatic heterocycles. The Bertz CT molecular complexity index is 636. The van der Waals surface area contributed by atoms with Crippen LogP contribution in [-0.4, -0.2) is 39.6 Å². The first kappa shape index (κ1) is 22.7. The number of rotatable bonds is 7. The normalized spacial score (nSPS) is 12.4. The van der Waals surface area contributed by atoms with Crippen LogP contribution in [0, 0.1) is 0 Å². The molecule has 1 aromatic carbocycles. The summed E-state index contributed by atoms with van der Waals surface area (Å²) in [6.07, 6.45) is -4.75. The van der Waals surface area contributed by atoms with Crippen LogP contribution in [0.3, 0.4) is 0 Å². The van der Waals surface area contributed by atoms with E-state index in [1.165, 1.54) is 19.1 Å². The molecular formula is C12H18F3IN4O3S. The molecular weight excluding hydrogens is 464 g/mol. The Hall–Kier alpha value is -1.28. The molecule has 24 heavy (non-hydrogen) atoms. The standard InChI is InChI=1S/C12H17F3N4O3S.HI/c1-2-23(20,21)18-8-7-17-11(16)19-9-3-5-10(6-4-9)22-12(13,14)15;/h3-6,18H,2,7-8H2,1H3,(H3,16,17,19);1H. The molecule has 138 valence electrons. The molecule has 4 N–H and O–H groups in total. The lowest BCUT2D eigenvalue weighted by Crippen LogP contribution is -2.29. The van der Waals surface area contributed by atoms with E-state index in [4.69, 9.17) is 5.73 Å². The number of alkyl halides is 3. The molecule has 0 aliphatic rings. The molecule has 0 heterocycles. The Kier molecular flexibility index (Phi) is 9.35. The van der Waals surface area contributed by atoms with E-state index in [0.29, 0.717) is 5.69 Å². The fraction of sp³-hybridized carbons (Fsp3) is 0.417. The first-order valence-corrected chi connectivity index (χ1v) is 8.16. The molecule has 1 aromatic rings. The van der Waals surface area contributed by atoms with Gasteiger partial charge in [-0.1, -0.05) is 0 Å². The minimum atomic E-state index is -4.75. The topological polar surface area (TPSA) is 106 Å². The molecule has 0 fully saturated rings. The third-order valence-corrected chi connectivity index (χ3v) is 3.86. The van der Waals surface area contributed by atoms with Gasteiger partial charge in [-0.25, -0.2) is 13.1 Å². The fourth-order valence-electron chi connectivity index (χ4n) is 1.41. The van der Waals surface area contributed by atoms with E-state index in [1.54, 1.807) is 0 Å². The van der Waals surface area contributed by atoms with Crippen molar-refractivity contribution in [3.05, 3.63) is 24.3 Å². The Balaban J connectivity index is 0.00000529. The number of benzene rings is 1. The predicted molar refractivity (Wildman–Crippen MR) is 96.1 cm³/mol. The number of hydrogen-bond donors (Lipinski definition) is 3. The summed E-state index contributed by atoms with van der Waals surface area (Å²) < 4.78 is 64.4. The Morgan fingerprint density at radius 1 is 1.29 bits per heavy atom. The van der Waals surface area contributed by atoms with Crippen LogP contribution in [0.25, 0.3) is 0 Å². The van der Waals surface area contributed by atoms with Gasteiger partial charge in [-0.2, -0.15) is 0 Å². The van der Waals surface area contributed by atoms with Gasteiger partial charge in [0, 0.05) is 12.2 Å². The summed E-state index contributed by atoms with van der Waals surface area (Å²) in [6.45, 7) is 1.72. The van der Waals surface area contributed by atoms with E-state index in [0.717, 1.165) is 12.1 Å². The average molecular weight is 482 g/mol. The highest BCUT2D eigenvalue weighted by Gasteiger charge is 2.30. The number of nitrogens with two attached hydrogens (primary N) is 1. The minimum absolute atomic E-state index is 0. The largest absolute Gasteiger partial charge is 0.573 e. The average Bonchev–Trinajstić information content (AvgIpc) is 2.44. The van der Waals surface area contributed by atoms with Gasteiger partial charge in [-0.3, -0.25) is 4.99 Å². The van der Waals surface area contributed by atoms with Crippen molar-refractivity contribution in [3.8, 4) is 5.75 Å². The van der Waals surface area contributed by atoms with Crippen molar-refractivity contribution in [1.82, 2.24) is 4.72 Å². The van der Waals surface area contributed by atoms with Gasteiger partial charge in [0.1, 0.15) is 5.75 Å². The number of guanidine groups is 1. The van der Waals surface area contributed by atoms with E-state index in [-0.39, 0.29) is 54.5 Å². The Morgan fingerprint density at radius 2 is 1.88 bits per heavy atom. The van der Waals surface area contributed by atoms with Crippen LogP contribution in [0.15, 0.2) is 29.3 Å². The number of halogens is 4. The number of hydrogen-bond acceptors (Lipinski definition) is 4. The SMILES string of the molecule is CCS(=O)(=O)NCCN=C(N)Nc1ccc(OC(F)(F)F)cc1.I. The Morgan fingerprint density at radius 3 is 2.38 bits per heavy atom. The van der Waals surface area contributed by atoms with Crippen LogP contribution in [-0.2, 0) is 10.0 Å². The smallest absolute Gasteiger partial charge is 0.406 e. The highest BCUT2D eigenvalue weighted by molar-refractivity contribution is 14.0. The first-order valence-electron chi connectivity index (χ1n) is 6.51. The van der Waals surface area contributed by atoms with Gasteiger partial charge in [0.25, 0.3) is 0 Å². The molecule has 7 nitrogen and oxygen atoms in total. The van der Waals surface area contributed by atoms with Crippen LogP contribution in [0.1, 0.15) is 6.92 Å². The summed E-state index contributed by atoms with van der Waals surface area (Å²) in [5.41, 5.74) is 5.99. The molecule has 0 amide bonds. The summed E-state index contributed by atoms with van der Waals surface area (Å²) in [4.78, 5) is 3.88. The second kappa shape index (κ2) is 9.88. The van der Waals surface area contributed by atoms with Crippen molar-refractivity contribution in [2.75, 3.05) is 24.2 Å². The number of sulfonamides is 1. The summed E-state index contributed by atoms with van der Waals surface area (Å²) in [5, 5.41) is 2.66. The second-order valence-corrected chi connectivity index (χ2v) is 6.36. The van der Waals surface area contributed by atoms with Crippen molar-refractivity contribution < 1.29 is 26.3 Å². The van der Waals surface area contributed by atoms with Gasteiger partial charge in [0.2, 0.25) is 10.0 Å². The highest BCUT2D eigenvalue weighted by atomic mass is 127. The van der Waals surface area contributed by atoms with Gasteiger partial charge in [-0.05, 0) is 31.2 Å². The van der Waals surface area contributed by atoms with Crippen LogP contribution in [0.4, 0.5) is 18.9 Å². The van der Waals surface area contributed by atoms with Crippen LogP contribution >= 0.6 is 24.0 Å². The van der Waals surface area contributed by atoms with Gasteiger partial charge in [0.05, 0.1) is 12.3 Å². The number of nitrogens with zero attached hydrogens (tertiary/aromatic N) is 1. The summed E-state index contributed by atoms with van der Waals surface area (Å²) in [7, 11) is -3.28. The van der Waals surface area contributed by atoms with Gasteiger partial charge in [-0.15, -0.1) is 37.1 Å². The second-order valence-electron chi connectivity index (χ2n) is 4.26. The number of ether oxygens (including phenoxy) is 1. The zero-order chi connectivity index (χ0) is 17.5. The van der Waals surface area contributed by atoms with Gasteiger partial charge in [0.15, 0.2) is 5.96 Å². The quantitative estimate of drug-likeness (QED) is 0.238. The fourth-order valence-corrected chi connectivity index (χ4v) is 2.01. The minimum Gasteiger partial charge on any atom is -0.406 e. The van der Waals surface area contributed by atoms with E-state index in [2.05, 4.69) is 19.8 Å². The molecule has 0 spiro atoms. The molecule has 0 unspecified atom stereocenters. The van der Waals surface area contributed by atoms with Gasteiger partial charge < -0.3 is 15.8 Å². The molecule has 0 radical (unpaired) electrons. The molecule has 12 heteroatoms. The van der Waals surface area contributed by atoms with Crippen LogP contribution in [0.5, 0.6) is 5.75 Å². The molecule has 0 aromatic heterocycles. The van der Waals surface area contributed by atoms with Crippen molar-refractivity contribution in [1.29, 1.82) is 0 Å². The number of nitrogens with one attached hydrogen (secondary N) is 2. The first-order chi connectivity index (χ1) is 10.6. The van der Waals surface area contributed by atoms with Crippen molar-refractivity contribution >= 4 is 45.6 Å². The molecule has 0 saturated heterocycles. The number of aliphatic imine (C=N–C) groups is 1. The third-order valence-electron chi connectivity index (χ3n) is 2.46. The van der Waals surface area contributed by atoms with E-state index < -0.39 is 16.4 Å². The van der Waals surface area contributed by atoms with Gasteiger partial charge >= 0.3 is 6.36 Å². The van der Waals surface area contributed by atoms with Crippen LogP contribution in [0.2, 0.25) is 0 Å². The zero-order valence-corrected chi connectivity index (χ0v) is 15.8. The maximum atomic E-state index is 12.0. The van der Waals surface area contributed by atoms with Crippen molar-refractivity contribution in [3.63, 3.8) is 0 Å². The summed E-state index contributed by atoms with van der Waals surface area (Å²) in [5.74, 6) is -0.380. The van der Waals surface area contributed by atoms with Crippen molar-refractivity contribution in [2.45, 2.75) is 13.3 Å². The lowest BCUT2D eigenvalue weighted by molar-refractivity contribution is -0.274. The van der Waals surface area contributed by atoms with Crippen LogP contribution < -0.4 is 20.5 Å². The molecule has 0 saturated carbocycles. The lowest BCUT2D eigenvalue weighted by Gasteiger charge is -2.10. The highest BCUT2D eigenvalue weighted by Crippen LogP contribution is 2.23. The summed E-state index contributed by atoms with van der Waals surface area (Å²) in [6, 6.07) is 4.92. The molecule has 1 rings (SSSR count). The predicted octanol–water partition coefficient (Wildman–Crippen LogP) is 1.87. The maximum Gasteiger partial charge on any atom is 0.573 e. The zero-order valence-electron chi connectivity index (χ0n) is 12.6. The van der Waals surface area contributed by atoms with E-state index in [9.17, 15) is 21.6 Å². The maximum absolute atomic E-state index is 12.0. The molecule has 0 bridgehead atoms. The lowest BCUT2D eigenvalue weighted by atomic mass is 10.3. The Labute approximate surface area is 154 Å². The molecule has 0 aliphatic carbocycles. The monoisotopic (exact) mass is 482 g/mol.